The van der Waals surface area contributed by atoms with Gasteiger partial charge in [0.15, 0.2) is 0 Å². The number of amides is 2. The van der Waals surface area contributed by atoms with Crippen molar-refractivity contribution in [2.24, 2.45) is 0 Å². The molecule has 1 saturated heterocycles. The highest BCUT2D eigenvalue weighted by atomic mass is 35.5. The number of halogens is 1. The van der Waals surface area contributed by atoms with E-state index >= 15 is 0 Å². The number of nitrogens with zero attached hydrogens (tertiary/aromatic N) is 1. The molecule has 0 aliphatic carbocycles. The van der Waals surface area contributed by atoms with Crippen LogP contribution in [0.25, 0.3) is 0 Å². The van der Waals surface area contributed by atoms with Crippen molar-refractivity contribution in [3.8, 4) is 0 Å². The minimum absolute atomic E-state index is 0.144. The maximum Gasteiger partial charge on any atom is 0.276 e. The van der Waals surface area contributed by atoms with Crippen LogP contribution in [0.4, 0.5) is 5.69 Å². The quantitative estimate of drug-likeness (QED) is 0.764. The van der Waals surface area contributed by atoms with Crippen LogP contribution in [-0.4, -0.2) is 22.5 Å². The standard InChI is InChI=1S/C13H14ClN3O2/c1-7-5-8(14)6-9-11(7)15-13(2)4-3-10(18)16-17(13)12(9)19/h5-6,15H,3-4H2,1-2H3,(H,16,18). The lowest BCUT2D eigenvalue weighted by Crippen LogP contribution is -2.67. The molecule has 0 aromatic heterocycles. The van der Waals surface area contributed by atoms with Gasteiger partial charge in [-0.15, -0.1) is 0 Å². The third-order valence-corrected chi connectivity index (χ3v) is 3.92. The van der Waals surface area contributed by atoms with Crippen molar-refractivity contribution >= 4 is 29.1 Å². The first kappa shape index (κ1) is 12.3. The van der Waals surface area contributed by atoms with Gasteiger partial charge in [0.25, 0.3) is 5.91 Å². The van der Waals surface area contributed by atoms with Crippen molar-refractivity contribution in [2.75, 3.05) is 5.32 Å². The van der Waals surface area contributed by atoms with Crippen molar-refractivity contribution in [3.05, 3.63) is 28.3 Å². The van der Waals surface area contributed by atoms with E-state index in [0.717, 1.165) is 11.3 Å². The van der Waals surface area contributed by atoms with Gasteiger partial charge in [-0.3, -0.25) is 15.0 Å². The molecule has 3 rings (SSSR count). The van der Waals surface area contributed by atoms with Gasteiger partial charge in [-0.25, -0.2) is 5.01 Å². The van der Waals surface area contributed by atoms with E-state index in [2.05, 4.69) is 10.7 Å². The highest BCUT2D eigenvalue weighted by molar-refractivity contribution is 6.31. The van der Waals surface area contributed by atoms with Crippen molar-refractivity contribution in [1.29, 1.82) is 0 Å². The number of nitrogens with one attached hydrogen (secondary N) is 2. The van der Waals surface area contributed by atoms with E-state index in [-0.39, 0.29) is 11.8 Å². The molecule has 2 N–H and O–H groups in total. The fourth-order valence-electron chi connectivity index (χ4n) is 2.63. The molecule has 0 saturated carbocycles. The number of fused-ring (bicyclic) bond motifs is 2. The van der Waals surface area contributed by atoms with Gasteiger partial charge >= 0.3 is 0 Å². The van der Waals surface area contributed by atoms with E-state index < -0.39 is 5.66 Å². The van der Waals surface area contributed by atoms with Gasteiger partial charge in [-0.2, -0.15) is 0 Å². The SMILES string of the molecule is Cc1cc(Cl)cc2c1NC1(C)CCC(=O)NN1C2=O. The fourth-order valence-corrected chi connectivity index (χ4v) is 2.91. The van der Waals surface area contributed by atoms with Crippen LogP contribution in [0.3, 0.4) is 0 Å². The van der Waals surface area contributed by atoms with E-state index in [0.29, 0.717) is 23.4 Å². The topological polar surface area (TPSA) is 61.4 Å². The minimum atomic E-state index is -0.587. The summed E-state index contributed by atoms with van der Waals surface area (Å²) in [7, 11) is 0. The van der Waals surface area contributed by atoms with Crippen LogP contribution >= 0.6 is 11.6 Å². The molecule has 2 amide bonds. The summed E-state index contributed by atoms with van der Waals surface area (Å²) in [5.41, 5.74) is 4.25. The Labute approximate surface area is 115 Å². The van der Waals surface area contributed by atoms with Crippen LogP contribution < -0.4 is 10.7 Å². The number of anilines is 1. The molecule has 0 radical (unpaired) electrons. The molecule has 1 fully saturated rings. The molecular weight excluding hydrogens is 266 g/mol. The molecule has 0 bridgehead atoms. The van der Waals surface area contributed by atoms with Crippen LogP contribution in [0.5, 0.6) is 0 Å². The zero-order chi connectivity index (χ0) is 13.8. The lowest BCUT2D eigenvalue weighted by atomic mass is 9.94. The number of hydrazine groups is 1. The Balaban J connectivity index is 2.14. The maximum absolute atomic E-state index is 12.5. The highest BCUT2D eigenvalue weighted by Gasteiger charge is 2.45. The number of carbonyl (C=O) groups excluding carboxylic acids is 2. The summed E-state index contributed by atoms with van der Waals surface area (Å²) >= 11 is 6.00. The van der Waals surface area contributed by atoms with Crippen LogP contribution in [0, 0.1) is 6.92 Å². The summed E-state index contributed by atoms with van der Waals surface area (Å²) in [5, 5.41) is 5.24. The lowest BCUT2D eigenvalue weighted by Gasteiger charge is -2.48. The first-order chi connectivity index (χ1) is 8.90. The largest absolute Gasteiger partial charge is 0.361 e. The number of aryl methyl sites for hydroxylation is 1. The second kappa shape index (κ2) is 3.87. The van der Waals surface area contributed by atoms with E-state index in [9.17, 15) is 9.59 Å². The second-order valence-electron chi connectivity index (χ2n) is 5.22. The minimum Gasteiger partial charge on any atom is -0.361 e. The summed E-state index contributed by atoms with van der Waals surface area (Å²) in [6.45, 7) is 3.81. The number of hydrogen-bond acceptors (Lipinski definition) is 3. The van der Waals surface area contributed by atoms with Crippen molar-refractivity contribution in [1.82, 2.24) is 10.4 Å². The van der Waals surface area contributed by atoms with E-state index in [1.807, 2.05) is 19.9 Å². The number of benzene rings is 1. The molecule has 1 unspecified atom stereocenters. The molecule has 2 aliphatic rings. The van der Waals surface area contributed by atoms with Gasteiger partial charge in [0, 0.05) is 11.4 Å². The van der Waals surface area contributed by atoms with Crippen LogP contribution in [-0.2, 0) is 4.79 Å². The van der Waals surface area contributed by atoms with E-state index in [4.69, 9.17) is 11.6 Å². The zero-order valence-electron chi connectivity index (χ0n) is 10.7. The summed E-state index contributed by atoms with van der Waals surface area (Å²) in [6, 6.07) is 3.45. The summed E-state index contributed by atoms with van der Waals surface area (Å²) in [6.07, 6.45) is 0.974. The lowest BCUT2D eigenvalue weighted by molar-refractivity contribution is -0.131. The maximum atomic E-state index is 12.5. The molecule has 2 aliphatic heterocycles. The summed E-state index contributed by atoms with van der Waals surface area (Å²) in [5.74, 6) is -0.371. The monoisotopic (exact) mass is 279 g/mol. The Morgan fingerprint density at radius 1 is 1.37 bits per heavy atom. The smallest absolute Gasteiger partial charge is 0.276 e. The summed E-state index contributed by atoms with van der Waals surface area (Å²) in [4.78, 5) is 24.0. The zero-order valence-corrected chi connectivity index (χ0v) is 11.5. The Morgan fingerprint density at radius 2 is 2.11 bits per heavy atom. The molecule has 5 nitrogen and oxygen atoms in total. The molecule has 1 atom stereocenters. The van der Waals surface area contributed by atoms with E-state index in [1.54, 1.807) is 6.07 Å². The van der Waals surface area contributed by atoms with Crippen molar-refractivity contribution in [3.63, 3.8) is 0 Å². The van der Waals surface area contributed by atoms with Gasteiger partial charge in [0.2, 0.25) is 5.91 Å². The molecule has 1 aromatic rings. The number of rotatable bonds is 0. The molecule has 0 spiro atoms. The van der Waals surface area contributed by atoms with Gasteiger partial charge in [-0.1, -0.05) is 11.6 Å². The third kappa shape index (κ3) is 1.76. The second-order valence-corrected chi connectivity index (χ2v) is 5.66. The van der Waals surface area contributed by atoms with Gasteiger partial charge < -0.3 is 5.32 Å². The first-order valence-corrected chi connectivity index (χ1v) is 6.51. The Kier molecular flexibility index (Phi) is 2.50. The molecular formula is C13H14ClN3O2. The Morgan fingerprint density at radius 3 is 2.84 bits per heavy atom. The normalized spacial score (nSPS) is 25.3. The first-order valence-electron chi connectivity index (χ1n) is 6.13. The number of hydrogen-bond donors (Lipinski definition) is 2. The molecule has 19 heavy (non-hydrogen) atoms. The predicted molar refractivity (Wildman–Crippen MR) is 71.8 cm³/mol. The number of carbonyl (C=O) groups is 2. The molecule has 100 valence electrons. The van der Waals surface area contributed by atoms with Crippen molar-refractivity contribution < 1.29 is 9.59 Å². The average Bonchev–Trinajstić information content (AvgIpc) is 2.34. The Bertz CT molecular complexity index is 602. The fraction of sp³-hybridized carbons (Fsp3) is 0.385. The van der Waals surface area contributed by atoms with Gasteiger partial charge in [0.1, 0.15) is 5.66 Å². The Hall–Kier alpha value is -1.75. The highest BCUT2D eigenvalue weighted by Crippen LogP contribution is 2.37. The predicted octanol–water partition coefficient (Wildman–Crippen LogP) is 2.06. The van der Waals surface area contributed by atoms with Gasteiger partial charge in [-0.05, 0) is 38.0 Å². The average molecular weight is 280 g/mol. The summed E-state index contributed by atoms with van der Waals surface area (Å²) < 4.78 is 0. The van der Waals surface area contributed by atoms with Gasteiger partial charge in [0.05, 0.1) is 11.3 Å². The van der Waals surface area contributed by atoms with Crippen LogP contribution in [0.15, 0.2) is 12.1 Å². The van der Waals surface area contributed by atoms with Crippen LogP contribution in [0.2, 0.25) is 5.02 Å². The molecule has 2 heterocycles. The van der Waals surface area contributed by atoms with Crippen molar-refractivity contribution in [2.45, 2.75) is 32.4 Å². The molecule has 6 heteroatoms. The third-order valence-electron chi connectivity index (χ3n) is 3.70. The van der Waals surface area contributed by atoms with Crippen LogP contribution in [0.1, 0.15) is 35.7 Å². The van der Waals surface area contributed by atoms with E-state index in [1.165, 1.54) is 5.01 Å². The molecule has 1 aromatic carbocycles.